The van der Waals surface area contributed by atoms with Crippen LogP contribution >= 0.6 is 0 Å². The summed E-state index contributed by atoms with van der Waals surface area (Å²) in [5.41, 5.74) is 0. The molecule has 0 aromatic rings. The number of Topliss-reactive ketones (excluding diaryl/α,β-unsaturated/α-hetero) is 2. The molecule has 2 aliphatic heterocycles. The lowest BCUT2D eigenvalue weighted by Crippen LogP contribution is -2.47. The number of carbonyl (C=O) groups excluding carboxylic acids is 4. The first kappa shape index (κ1) is 30.4. The highest BCUT2D eigenvalue weighted by Crippen LogP contribution is 2.31. The first-order valence-electron chi connectivity index (χ1n) is 13.4. The second-order valence-corrected chi connectivity index (χ2v) is 10.6. The van der Waals surface area contributed by atoms with E-state index in [2.05, 4.69) is 5.32 Å². The van der Waals surface area contributed by atoms with E-state index >= 15 is 0 Å². The molecule has 0 bridgehead atoms. The Morgan fingerprint density at radius 3 is 2.36 bits per heavy atom. The fraction of sp³-hybridized carbons (Fsp3) is 0.852. The molecule has 0 radical (unpaired) electrons. The van der Waals surface area contributed by atoms with E-state index in [4.69, 9.17) is 18.9 Å². The molecule has 7 unspecified atom stereocenters. The average Bonchev–Trinajstić information content (AvgIpc) is 2.85. The highest BCUT2D eigenvalue weighted by atomic mass is 16.7. The number of hydrogen-bond acceptors (Lipinski definition) is 9. The lowest BCUT2D eigenvalue weighted by molar-refractivity contribution is -0.231. The monoisotopic (exact) mass is 511 g/mol. The van der Waals surface area contributed by atoms with Gasteiger partial charge in [-0.3, -0.25) is 19.2 Å². The molecule has 9 nitrogen and oxygen atoms in total. The van der Waals surface area contributed by atoms with Gasteiger partial charge in [-0.1, -0.05) is 27.7 Å². The van der Waals surface area contributed by atoms with Gasteiger partial charge < -0.3 is 24.3 Å². The summed E-state index contributed by atoms with van der Waals surface area (Å²) in [5.74, 6) is -3.07. The molecule has 1 N–H and O–H groups in total. The Hall–Kier alpha value is -1.84. The average molecular weight is 512 g/mol. The van der Waals surface area contributed by atoms with Crippen LogP contribution < -0.4 is 5.32 Å². The molecule has 0 aromatic carbocycles. The van der Waals surface area contributed by atoms with Gasteiger partial charge in [0.1, 0.15) is 23.9 Å². The Morgan fingerprint density at radius 1 is 1.06 bits per heavy atom. The summed E-state index contributed by atoms with van der Waals surface area (Å²) in [6.45, 7) is 11.2. The van der Waals surface area contributed by atoms with E-state index in [1.54, 1.807) is 27.7 Å². The van der Waals surface area contributed by atoms with Crippen LogP contribution in [-0.4, -0.2) is 67.8 Å². The minimum Gasteiger partial charge on any atom is -0.461 e. The lowest BCUT2D eigenvalue weighted by Gasteiger charge is -2.39. The molecule has 2 fully saturated rings. The SMILES string of the molecule is CC[C@H]1OC(=O)C(C)C(=O)C(C)[C@@H](OC2CC(NC)CC(C)O2)C(C)CCC(=O)[C@H](C)CC1OC=O. The van der Waals surface area contributed by atoms with Crippen LogP contribution in [0.2, 0.25) is 0 Å². The van der Waals surface area contributed by atoms with Gasteiger partial charge in [0.05, 0.1) is 12.2 Å². The first-order valence-corrected chi connectivity index (χ1v) is 13.4. The molecule has 36 heavy (non-hydrogen) atoms. The minimum absolute atomic E-state index is 0.00450. The van der Waals surface area contributed by atoms with Crippen molar-refractivity contribution in [2.24, 2.45) is 23.7 Å². The molecule has 0 saturated carbocycles. The van der Waals surface area contributed by atoms with Crippen LogP contribution in [-0.2, 0) is 38.1 Å². The maximum Gasteiger partial charge on any atom is 0.316 e. The van der Waals surface area contributed by atoms with E-state index in [9.17, 15) is 19.2 Å². The number of rotatable bonds is 6. The van der Waals surface area contributed by atoms with Crippen LogP contribution in [0.5, 0.6) is 0 Å². The zero-order valence-electron chi connectivity index (χ0n) is 22.9. The number of nitrogens with one attached hydrogen (secondary N) is 1. The highest BCUT2D eigenvalue weighted by molar-refractivity contribution is 6.00. The Balaban J connectivity index is 2.32. The van der Waals surface area contributed by atoms with Crippen molar-refractivity contribution in [2.45, 2.75) is 117 Å². The van der Waals surface area contributed by atoms with Crippen molar-refractivity contribution in [1.29, 1.82) is 0 Å². The lowest BCUT2D eigenvalue weighted by atomic mass is 9.82. The predicted octanol–water partition coefficient (Wildman–Crippen LogP) is 3.21. The molecule has 10 atom stereocenters. The van der Waals surface area contributed by atoms with Gasteiger partial charge in [-0.25, -0.2) is 0 Å². The molecule has 2 rings (SSSR count). The number of cyclic esters (lactones) is 1. The highest BCUT2D eigenvalue weighted by Gasteiger charge is 2.40. The van der Waals surface area contributed by atoms with Gasteiger partial charge in [0.25, 0.3) is 6.47 Å². The summed E-state index contributed by atoms with van der Waals surface area (Å²) in [6.07, 6.45) is 0.472. The van der Waals surface area contributed by atoms with Crippen LogP contribution in [0.15, 0.2) is 0 Å². The van der Waals surface area contributed by atoms with E-state index in [1.807, 2.05) is 20.9 Å². The summed E-state index contributed by atoms with van der Waals surface area (Å²) in [5, 5.41) is 3.28. The fourth-order valence-corrected chi connectivity index (χ4v) is 5.32. The Bertz CT molecular complexity index is 758. The predicted molar refractivity (Wildman–Crippen MR) is 133 cm³/mol. The number of hydrogen-bond donors (Lipinski definition) is 1. The minimum atomic E-state index is -1.01. The summed E-state index contributed by atoms with van der Waals surface area (Å²) in [6, 6.07) is 0.238. The standard InChI is InChI=1S/C27H45NO8/c1-8-22-23(33-14-29)11-16(3)21(30)10-9-15(2)26(18(5)25(31)19(6)27(32)35-22)36-24-13-20(28-7)12-17(4)34-24/h14-20,22-24,26,28H,8-13H2,1-7H3/t15?,16-,17?,18?,19?,20?,22-,23?,24?,26+/m1/s1. The molecule has 9 heteroatoms. The van der Waals surface area contributed by atoms with Crippen molar-refractivity contribution >= 4 is 24.0 Å². The van der Waals surface area contributed by atoms with Gasteiger partial charge in [0.15, 0.2) is 12.1 Å². The summed E-state index contributed by atoms with van der Waals surface area (Å²) >= 11 is 0. The molecule has 2 heterocycles. The third-order valence-electron chi connectivity index (χ3n) is 7.77. The molecule has 0 spiro atoms. The van der Waals surface area contributed by atoms with Crippen molar-refractivity contribution in [2.75, 3.05) is 7.05 Å². The van der Waals surface area contributed by atoms with Crippen LogP contribution in [0.25, 0.3) is 0 Å². The first-order chi connectivity index (χ1) is 17.0. The van der Waals surface area contributed by atoms with Crippen LogP contribution in [0.4, 0.5) is 0 Å². The van der Waals surface area contributed by atoms with Gasteiger partial charge in [-0.05, 0) is 52.5 Å². The van der Waals surface area contributed by atoms with Crippen molar-refractivity contribution in [3.63, 3.8) is 0 Å². The van der Waals surface area contributed by atoms with Gasteiger partial charge in [0, 0.05) is 30.7 Å². The van der Waals surface area contributed by atoms with E-state index in [-0.39, 0.29) is 42.0 Å². The number of ether oxygens (including phenoxy) is 4. The zero-order chi connectivity index (χ0) is 27.0. The van der Waals surface area contributed by atoms with E-state index in [0.29, 0.717) is 32.2 Å². The second kappa shape index (κ2) is 14.2. The number of esters is 1. The van der Waals surface area contributed by atoms with Crippen molar-refractivity contribution in [1.82, 2.24) is 5.32 Å². The summed E-state index contributed by atoms with van der Waals surface area (Å²) in [7, 11) is 1.91. The Kier molecular flexibility index (Phi) is 12.0. The van der Waals surface area contributed by atoms with Gasteiger partial charge >= 0.3 is 5.97 Å². The second-order valence-electron chi connectivity index (χ2n) is 10.6. The van der Waals surface area contributed by atoms with E-state index < -0.39 is 42.4 Å². The zero-order valence-corrected chi connectivity index (χ0v) is 22.9. The molecule has 0 amide bonds. The molecule has 0 aromatic heterocycles. The van der Waals surface area contributed by atoms with Crippen LogP contribution in [0.1, 0.15) is 80.1 Å². The van der Waals surface area contributed by atoms with Gasteiger partial charge in [-0.2, -0.15) is 0 Å². The molecule has 0 aliphatic carbocycles. The molecule has 2 saturated heterocycles. The van der Waals surface area contributed by atoms with Gasteiger partial charge in [0.2, 0.25) is 0 Å². The Morgan fingerprint density at radius 2 is 1.75 bits per heavy atom. The summed E-state index contributed by atoms with van der Waals surface area (Å²) < 4.78 is 23.3. The molecular weight excluding hydrogens is 466 g/mol. The van der Waals surface area contributed by atoms with Crippen molar-refractivity contribution in [3.05, 3.63) is 0 Å². The quantitative estimate of drug-likeness (QED) is 0.326. The largest absolute Gasteiger partial charge is 0.461 e. The molecule has 206 valence electrons. The van der Waals surface area contributed by atoms with Crippen molar-refractivity contribution in [3.8, 4) is 0 Å². The molecule has 2 aliphatic rings. The third-order valence-corrected chi connectivity index (χ3v) is 7.77. The maximum absolute atomic E-state index is 13.4. The third kappa shape index (κ3) is 8.08. The maximum atomic E-state index is 13.4. The van der Waals surface area contributed by atoms with Crippen molar-refractivity contribution < 1.29 is 38.1 Å². The Labute approximate surface area is 215 Å². The number of ketones is 2. The smallest absolute Gasteiger partial charge is 0.316 e. The topological polar surface area (TPSA) is 117 Å². The number of carbonyl (C=O) groups is 4. The molecular formula is C27H45NO8. The van der Waals surface area contributed by atoms with Gasteiger partial charge in [-0.15, -0.1) is 0 Å². The van der Waals surface area contributed by atoms with E-state index in [1.165, 1.54) is 0 Å². The fourth-order valence-electron chi connectivity index (χ4n) is 5.32. The van der Waals surface area contributed by atoms with Crippen LogP contribution in [0.3, 0.4) is 0 Å². The normalized spacial score (nSPS) is 39.7. The summed E-state index contributed by atoms with van der Waals surface area (Å²) in [4.78, 5) is 50.5. The van der Waals surface area contributed by atoms with E-state index in [0.717, 1.165) is 6.42 Å². The van der Waals surface area contributed by atoms with Crippen LogP contribution in [0, 0.1) is 23.7 Å².